The molecule has 0 radical (unpaired) electrons. The lowest BCUT2D eigenvalue weighted by atomic mass is 9.76. The summed E-state index contributed by atoms with van der Waals surface area (Å²) in [6.45, 7) is 12.5. The van der Waals surface area contributed by atoms with Gasteiger partial charge in [-0.2, -0.15) is 0 Å². The van der Waals surface area contributed by atoms with E-state index in [2.05, 4.69) is 27.7 Å². The van der Waals surface area contributed by atoms with E-state index in [1.807, 2.05) is 13.8 Å². The highest BCUT2D eigenvalue weighted by Crippen LogP contribution is 2.48. The Morgan fingerprint density at radius 2 is 1.80 bits per heavy atom. The topological polar surface area (TPSA) is 29.5 Å². The maximum absolute atomic E-state index is 10.7. The van der Waals surface area contributed by atoms with Crippen LogP contribution in [0.1, 0.15) is 60.8 Å². The smallest absolute Gasteiger partial charge is 0.0960 e. The second-order valence-corrected chi connectivity index (χ2v) is 6.30. The predicted molar refractivity (Wildman–Crippen MR) is 62.9 cm³/mol. The standard InChI is InChI=1S/C13H26O2/c1-7-10(2)8-13(14)9-11(3,4)15-12(13,5)6/h10,14H,7-9H2,1-6H3. The number of rotatable bonds is 3. The van der Waals surface area contributed by atoms with Crippen LogP contribution in [0.4, 0.5) is 0 Å². The first-order valence-electron chi connectivity index (χ1n) is 6.04. The number of ether oxygens (including phenoxy) is 1. The molecule has 2 atom stereocenters. The lowest BCUT2D eigenvalue weighted by molar-refractivity contribution is -0.132. The Bertz CT molecular complexity index is 233. The van der Waals surface area contributed by atoms with Crippen molar-refractivity contribution in [2.45, 2.75) is 77.6 Å². The van der Waals surface area contributed by atoms with Crippen molar-refractivity contribution in [1.29, 1.82) is 0 Å². The monoisotopic (exact) mass is 214 g/mol. The van der Waals surface area contributed by atoms with Crippen LogP contribution < -0.4 is 0 Å². The molecule has 2 heteroatoms. The molecular formula is C13H26O2. The Morgan fingerprint density at radius 3 is 2.13 bits per heavy atom. The molecule has 1 rings (SSSR count). The fourth-order valence-electron chi connectivity index (χ4n) is 2.78. The lowest BCUT2D eigenvalue weighted by Gasteiger charge is -2.36. The summed E-state index contributed by atoms with van der Waals surface area (Å²) in [6, 6.07) is 0. The average Bonchev–Trinajstić information content (AvgIpc) is 2.14. The number of hydrogen-bond donors (Lipinski definition) is 1. The van der Waals surface area contributed by atoms with E-state index in [0.717, 1.165) is 19.3 Å². The third-order valence-corrected chi connectivity index (χ3v) is 3.75. The van der Waals surface area contributed by atoms with E-state index in [0.29, 0.717) is 5.92 Å². The van der Waals surface area contributed by atoms with Crippen LogP contribution in [0.5, 0.6) is 0 Å². The molecule has 1 fully saturated rings. The van der Waals surface area contributed by atoms with Crippen LogP contribution in [0.15, 0.2) is 0 Å². The predicted octanol–water partition coefficient (Wildman–Crippen LogP) is 3.13. The van der Waals surface area contributed by atoms with E-state index in [1.54, 1.807) is 0 Å². The molecule has 0 aromatic heterocycles. The van der Waals surface area contributed by atoms with Crippen molar-refractivity contribution in [2.75, 3.05) is 0 Å². The summed E-state index contributed by atoms with van der Waals surface area (Å²) >= 11 is 0. The minimum absolute atomic E-state index is 0.203. The van der Waals surface area contributed by atoms with Crippen molar-refractivity contribution in [3.05, 3.63) is 0 Å². The largest absolute Gasteiger partial charge is 0.387 e. The molecule has 0 saturated carbocycles. The van der Waals surface area contributed by atoms with E-state index in [1.165, 1.54) is 0 Å². The molecule has 0 aromatic rings. The average molecular weight is 214 g/mol. The zero-order valence-electron chi connectivity index (χ0n) is 11.1. The van der Waals surface area contributed by atoms with Crippen LogP contribution in [0.25, 0.3) is 0 Å². The van der Waals surface area contributed by atoms with Gasteiger partial charge in [-0.1, -0.05) is 20.3 Å². The zero-order chi connectivity index (χ0) is 11.9. The first kappa shape index (κ1) is 13.0. The molecule has 1 aliphatic heterocycles. The molecule has 90 valence electrons. The molecule has 0 aromatic carbocycles. The fraction of sp³-hybridized carbons (Fsp3) is 1.00. The van der Waals surface area contributed by atoms with Crippen molar-refractivity contribution in [2.24, 2.45) is 5.92 Å². The maximum atomic E-state index is 10.7. The van der Waals surface area contributed by atoms with Crippen molar-refractivity contribution >= 4 is 0 Å². The van der Waals surface area contributed by atoms with Crippen LogP contribution in [-0.2, 0) is 4.74 Å². The van der Waals surface area contributed by atoms with Gasteiger partial charge in [-0.3, -0.25) is 0 Å². The minimum Gasteiger partial charge on any atom is -0.387 e. The molecule has 2 unspecified atom stereocenters. The second-order valence-electron chi connectivity index (χ2n) is 6.30. The summed E-state index contributed by atoms with van der Waals surface area (Å²) in [6.07, 6.45) is 2.68. The van der Waals surface area contributed by atoms with Crippen molar-refractivity contribution in [1.82, 2.24) is 0 Å². The Hall–Kier alpha value is -0.0800. The molecule has 0 spiro atoms. The van der Waals surface area contributed by atoms with Gasteiger partial charge in [0.2, 0.25) is 0 Å². The molecule has 1 aliphatic rings. The summed E-state index contributed by atoms with van der Waals surface area (Å²) in [5.74, 6) is 0.548. The van der Waals surface area contributed by atoms with Crippen LogP contribution in [0.3, 0.4) is 0 Å². The highest BCUT2D eigenvalue weighted by Gasteiger charge is 2.56. The third-order valence-electron chi connectivity index (χ3n) is 3.75. The van der Waals surface area contributed by atoms with Crippen molar-refractivity contribution < 1.29 is 9.84 Å². The first-order chi connectivity index (χ1) is 6.62. The van der Waals surface area contributed by atoms with E-state index >= 15 is 0 Å². The fourth-order valence-corrected chi connectivity index (χ4v) is 2.78. The van der Waals surface area contributed by atoms with Gasteiger partial charge >= 0.3 is 0 Å². The van der Waals surface area contributed by atoms with Crippen LogP contribution in [-0.4, -0.2) is 21.9 Å². The first-order valence-corrected chi connectivity index (χ1v) is 6.04. The minimum atomic E-state index is -0.675. The van der Waals surface area contributed by atoms with Gasteiger partial charge in [-0.05, 0) is 40.0 Å². The van der Waals surface area contributed by atoms with Gasteiger partial charge in [0.15, 0.2) is 0 Å². The highest BCUT2D eigenvalue weighted by atomic mass is 16.5. The third kappa shape index (κ3) is 2.54. The Labute approximate surface area is 94.0 Å². The Morgan fingerprint density at radius 1 is 1.27 bits per heavy atom. The number of hydrogen-bond acceptors (Lipinski definition) is 2. The molecular weight excluding hydrogens is 188 g/mol. The maximum Gasteiger partial charge on any atom is 0.0960 e. The van der Waals surface area contributed by atoms with E-state index in [-0.39, 0.29) is 5.60 Å². The zero-order valence-corrected chi connectivity index (χ0v) is 11.1. The summed E-state index contributed by atoms with van der Waals surface area (Å²) in [7, 11) is 0. The van der Waals surface area contributed by atoms with Gasteiger partial charge in [0.1, 0.15) is 0 Å². The van der Waals surface area contributed by atoms with Gasteiger partial charge in [-0.25, -0.2) is 0 Å². The normalized spacial score (nSPS) is 35.4. The summed E-state index contributed by atoms with van der Waals surface area (Å²) in [5.41, 5.74) is -1.31. The van der Waals surface area contributed by atoms with Crippen molar-refractivity contribution in [3.8, 4) is 0 Å². The van der Waals surface area contributed by atoms with Crippen LogP contribution in [0, 0.1) is 5.92 Å². The summed E-state index contributed by atoms with van der Waals surface area (Å²) in [4.78, 5) is 0. The molecule has 2 nitrogen and oxygen atoms in total. The molecule has 15 heavy (non-hydrogen) atoms. The van der Waals surface area contributed by atoms with E-state index in [4.69, 9.17) is 4.74 Å². The molecule has 1 saturated heterocycles. The highest BCUT2D eigenvalue weighted by molar-refractivity contribution is 5.06. The Balaban J connectivity index is 2.83. The van der Waals surface area contributed by atoms with Crippen molar-refractivity contribution in [3.63, 3.8) is 0 Å². The molecule has 1 N–H and O–H groups in total. The van der Waals surface area contributed by atoms with Crippen LogP contribution >= 0.6 is 0 Å². The van der Waals surface area contributed by atoms with Gasteiger partial charge < -0.3 is 9.84 Å². The van der Waals surface area contributed by atoms with E-state index < -0.39 is 11.2 Å². The number of aliphatic hydroxyl groups is 1. The summed E-state index contributed by atoms with van der Waals surface area (Å²) < 4.78 is 5.95. The Kier molecular flexibility index (Phi) is 3.24. The quantitative estimate of drug-likeness (QED) is 0.782. The lowest BCUT2D eigenvalue weighted by Crippen LogP contribution is -2.47. The van der Waals surface area contributed by atoms with Gasteiger partial charge in [-0.15, -0.1) is 0 Å². The molecule has 0 aliphatic carbocycles. The SMILES string of the molecule is CCC(C)CC1(O)CC(C)(C)OC1(C)C. The van der Waals surface area contributed by atoms with Gasteiger partial charge in [0.05, 0.1) is 16.8 Å². The molecule has 0 amide bonds. The van der Waals surface area contributed by atoms with E-state index in [9.17, 15) is 5.11 Å². The molecule has 1 heterocycles. The summed E-state index contributed by atoms with van der Waals surface area (Å²) in [5, 5.41) is 10.7. The van der Waals surface area contributed by atoms with Gasteiger partial charge in [0.25, 0.3) is 0 Å². The van der Waals surface area contributed by atoms with Gasteiger partial charge in [0, 0.05) is 6.42 Å². The molecule has 0 bridgehead atoms. The van der Waals surface area contributed by atoms with Crippen LogP contribution in [0.2, 0.25) is 0 Å². The second kappa shape index (κ2) is 3.74.